The third-order valence-electron chi connectivity index (χ3n) is 6.01. The number of methoxy groups -OCH3 is 1. The molecule has 0 aromatic heterocycles. The molecule has 2 fully saturated rings. The minimum absolute atomic E-state index is 0.0563. The van der Waals surface area contributed by atoms with Crippen LogP contribution in [-0.2, 0) is 15.9 Å². The highest BCUT2D eigenvalue weighted by Crippen LogP contribution is 2.44. The molecule has 1 saturated heterocycles. The van der Waals surface area contributed by atoms with E-state index in [9.17, 15) is 5.11 Å². The van der Waals surface area contributed by atoms with E-state index in [4.69, 9.17) is 18.9 Å². The van der Waals surface area contributed by atoms with Gasteiger partial charge in [-0.1, -0.05) is 0 Å². The average Bonchev–Trinajstić information content (AvgIpc) is 3.50. The van der Waals surface area contributed by atoms with Gasteiger partial charge in [0.2, 0.25) is 0 Å². The number of aliphatic hydroxyl groups is 1. The Bertz CT molecular complexity index is 761. The molecule has 168 valence electrons. The lowest BCUT2D eigenvalue weighted by Gasteiger charge is -2.46. The van der Waals surface area contributed by atoms with Crippen molar-refractivity contribution in [2.75, 3.05) is 33.4 Å². The SMILES string of the molecule is COc1cc2c(c(F)c1OCCOC1CC1)CCN1C[C@@H](OC(C)(C)C)[C@H](O)C[C@H]21. The summed E-state index contributed by atoms with van der Waals surface area (Å²) < 4.78 is 38.3. The number of benzene rings is 1. The molecule has 2 aliphatic heterocycles. The molecular formula is C23H34FNO5. The second-order valence-electron chi connectivity index (χ2n) is 9.54. The monoisotopic (exact) mass is 423 g/mol. The summed E-state index contributed by atoms with van der Waals surface area (Å²) in [7, 11) is 1.53. The Balaban J connectivity index is 1.52. The molecule has 2 heterocycles. The molecule has 0 radical (unpaired) electrons. The second-order valence-corrected chi connectivity index (χ2v) is 9.54. The molecule has 0 unspecified atom stereocenters. The largest absolute Gasteiger partial charge is 0.493 e. The summed E-state index contributed by atoms with van der Waals surface area (Å²) in [6, 6.07) is 1.82. The summed E-state index contributed by atoms with van der Waals surface area (Å²) in [5.41, 5.74) is 1.22. The van der Waals surface area contributed by atoms with Crippen LogP contribution in [0.2, 0.25) is 0 Å². The van der Waals surface area contributed by atoms with Crippen LogP contribution in [0.25, 0.3) is 0 Å². The molecule has 7 heteroatoms. The van der Waals surface area contributed by atoms with Crippen LogP contribution in [0.1, 0.15) is 57.2 Å². The van der Waals surface area contributed by atoms with Crippen LogP contribution in [0.4, 0.5) is 4.39 Å². The van der Waals surface area contributed by atoms with Crippen molar-refractivity contribution < 1.29 is 28.4 Å². The smallest absolute Gasteiger partial charge is 0.197 e. The Morgan fingerprint density at radius 2 is 2.00 bits per heavy atom. The Hall–Kier alpha value is -1.41. The predicted molar refractivity (Wildman–Crippen MR) is 111 cm³/mol. The minimum atomic E-state index is -0.596. The van der Waals surface area contributed by atoms with E-state index in [1.807, 2.05) is 26.8 Å². The standard InChI is InChI=1S/C23H34FNO5/c1-23(2,3)30-20-13-25-8-7-15-16(17(25)12-18(20)26)11-19(27-4)22(21(15)24)29-10-9-28-14-5-6-14/h11,14,17-18,20,26H,5-10,12-13H2,1-4H3/t17-,18-,20-/m1/s1. The number of nitrogens with zero attached hydrogens (tertiary/aromatic N) is 1. The Labute approximate surface area is 178 Å². The Morgan fingerprint density at radius 1 is 1.23 bits per heavy atom. The van der Waals surface area contributed by atoms with Crippen LogP contribution >= 0.6 is 0 Å². The van der Waals surface area contributed by atoms with Crippen molar-refractivity contribution >= 4 is 0 Å². The van der Waals surface area contributed by atoms with Gasteiger partial charge in [0.15, 0.2) is 17.3 Å². The minimum Gasteiger partial charge on any atom is -0.493 e. The molecule has 0 bridgehead atoms. The van der Waals surface area contributed by atoms with E-state index in [0.29, 0.717) is 50.0 Å². The highest BCUT2D eigenvalue weighted by Gasteiger charge is 2.41. The third kappa shape index (κ3) is 4.74. The molecule has 0 spiro atoms. The number of fused-ring (bicyclic) bond motifs is 3. The average molecular weight is 424 g/mol. The number of halogens is 1. The summed E-state index contributed by atoms with van der Waals surface area (Å²) in [6.45, 7) is 8.08. The number of piperidine rings is 1. The van der Waals surface area contributed by atoms with Crippen molar-refractivity contribution in [1.82, 2.24) is 4.90 Å². The van der Waals surface area contributed by atoms with Gasteiger partial charge in [-0.15, -0.1) is 0 Å². The lowest BCUT2D eigenvalue weighted by Crippen LogP contribution is -2.53. The fourth-order valence-corrected chi connectivity index (χ4v) is 4.50. The first-order chi connectivity index (χ1) is 14.3. The predicted octanol–water partition coefficient (Wildman–Crippen LogP) is 3.24. The topological polar surface area (TPSA) is 60.4 Å². The van der Waals surface area contributed by atoms with Gasteiger partial charge in [0, 0.05) is 19.1 Å². The van der Waals surface area contributed by atoms with Gasteiger partial charge in [-0.25, -0.2) is 4.39 Å². The lowest BCUT2D eigenvalue weighted by molar-refractivity contribution is -0.149. The molecule has 4 rings (SSSR count). The number of aliphatic hydroxyl groups excluding tert-OH is 1. The molecule has 30 heavy (non-hydrogen) atoms. The summed E-state index contributed by atoms with van der Waals surface area (Å²) in [4.78, 5) is 2.29. The van der Waals surface area contributed by atoms with Crippen molar-refractivity contribution in [1.29, 1.82) is 0 Å². The molecule has 1 aromatic carbocycles. The molecule has 1 aromatic rings. The van der Waals surface area contributed by atoms with Crippen molar-refractivity contribution in [2.45, 2.75) is 76.4 Å². The van der Waals surface area contributed by atoms with Crippen molar-refractivity contribution in [2.24, 2.45) is 0 Å². The summed E-state index contributed by atoms with van der Waals surface area (Å²) in [6.07, 6.45) is 2.80. The maximum absolute atomic E-state index is 15.4. The number of rotatable bonds is 7. The van der Waals surface area contributed by atoms with Gasteiger partial charge in [-0.05, 0) is 63.6 Å². The van der Waals surface area contributed by atoms with Gasteiger partial charge in [-0.3, -0.25) is 4.90 Å². The van der Waals surface area contributed by atoms with Crippen LogP contribution in [0, 0.1) is 5.82 Å². The fraction of sp³-hybridized carbons (Fsp3) is 0.739. The van der Waals surface area contributed by atoms with Gasteiger partial charge >= 0.3 is 0 Å². The summed E-state index contributed by atoms with van der Waals surface area (Å²) in [5, 5.41) is 10.7. The molecule has 1 N–H and O–H groups in total. The maximum atomic E-state index is 15.4. The van der Waals surface area contributed by atoms with Crippen molar-refractivity contribution in [3.05, 3.63) is 23.0 Å². The lowest BCUT2D eigenvalue weighted by atomic mass is 9.84. The first-order valence-corrected chi connectivity index (χ1v) is 11.0. The first kappa shape index (κ1) is 21.8. The van der Waals surface area contributed by atoms with Crippen LogP contribution in [-0.4, -0.2) is 67.3 Å². The van der Waals surface area contributed by atoms with E-state index < -0.39 is 6.10 Å². The molecule has 1 saturated carbocycles. The molecule has 1 aliphatic carbocycles. The normalized spacial score (nSPS) is 26.8. The first-order valence-electron chi connectivity index (χ1n) is 11.0. The molecule has 6 nitrogen and oxygen atoms in total. The summed E-state index contributed by atoms with van der Waals surface area (Å²) >= 11 is 0. The van der Waals surface area contributed by atoms with Gasteiger partial charge in [-0.2, -0.15) is 0 Å². The van der Waals surface area contributed by atoms with E-state index in [-0.39, 0.29) is 29.3 Å². The zero-order valence-electron chi connectivity index (χ0n) is 18.4. The van der Waals surface area contributed by atoms with Crippen molar-refractivity contribution in [3.63, 3.8) is 0 Å². The fourth-order valence-electron chi connectivity index (χ4n) is 4.50. The van der Waals surface area contributed by atoms with Crippen LogP contribution in [0.15, 0.2) is 6.07 Å². The third-order valence-corrected chi connectivity index (χ3v) is 6.01. The van der Waals surface area contributed by atoms with Crippen LogP contribution < -0.4 is 9.47 Å². The molecular weight excluding hydrogens is 389 g/mol. The number of hydrogen-bond acceptors (Lipinski definition) is 6. The van der Waals surface area contributed by atoms with Gasteiger partial charge in [0.25, 0.3) is 0 Å². The zero-order chi connectivity index (χ0) is 21.5. The molecule has 3 atom stereocenters. The van der Waals surface area contributed by atoms with Gasteiger partial charge in [0.05, 0.1) is 37.6 Å². The van der Waals surface area contributed by atoms with Crippen molar-refractivity contribution in [3.8, 4) is 11.5 Å². The summed E-state index contributed by atoms with van der Waals surface area (Å²) in [5.74, 6) is 0.203. The van der Waals surface area contributed by atoms with Gasteiger partial charge in [0.1, 0.15) is 6.61 Å². The molecule has 3 aliphatic rings. The highest BCUT2D eigenvalue weighted by atomic mass is 19.1. The van der Waals surface area contributed by atoms with E-state index in [2.05, 4.69) is 4.90 Å². The Kier molecular flexibility index (Phi) is 6.26. The highest BCUT2D eigenvalue weighted by molar-refractivity contribution is 5.51. The zero-order valence-corrected chi connectivity index (χ0v) is 18.4. The van der Waals surface area contributed by atoms with E-state index in [1.165, 1.54) is 7.11 Å². The van der Waals surface area contributed by atoms with Crippen LogP contribution in [0.3, 0.4) is 0 Å². The number of hydrogen-bond donors (Lipinski definition) is 1. The second kappa shape index (κ2) is 8.61. The maximum Gasteiger partial charge on any atom is 0.197 e. The van der Waals surface area contributed by atoms with E-state index >= 15 is 4.39 Å². The van der Waals surface area contributed by atoms with E-state index in [0.717, 1.165) is 24.9 Å². The Morgan fingerprint density at radius 3 is 2.67 bits per heavy atom. The van der Waals surface area contributed by atoms with E-state index in [1.54, 1.807) is 0 Å². The van der Waals surface area contributed by atoms with Crippen LogP contribution in [0.5, 0.6) is 11.5 Å². The molecule has 0 amide bonds. The number of ether oxygens (including phenoxy) is 4. The quantitative estimate of drug-likeness (QED) is 0.680. The van der Waals surface area contributed by atoms with Gasteiger partial charge < -0.3 is 24.1 Å².